The van der Waals surface area contributed by atoms with Gasteiger partial charge in [0.15, 0.2) is 0 Å². The van der Waals surface area contributed by atoms with E-state index in [4.69, 9.17) is 9.47 Å². The number of hydrogen-bond acceptors (Lipinski definition) is 4. The lowest BCUT2D eigenvalue weighted by molar-refractivity contribution is -0.0342. The molecule has 4 heterocycles. The number of carbonyl (C=O) groups excluding carboxylic acids is 1. The molecule has 29 heavy (non-hydrogen) atoms. The predicted molar refractivity (Wildman–Crippen MR) is 107 cm³/mol. The van der Waals surface area contributed by atoms with Crippen LogP contribution in [0, 0.1) is 11.7 Å². The van der Waals surface area contributed by atoms with Crippen LogP contribution in [-0.4, -0.2) is 43.3 Å². The van der Waals surface area contributed by atoms with Gasteiger partial charge in [0.05, 0.1) is 12.6 Å². The van der Waals surface area contributed by atoms with Crippen molar-refractivity contribution in [3.8, 4) is 16.9 Å². The van der Waals surface area contributed by atoms with Crippen LogP contribution in [0.1, 0.15) is 30.9 Å². The molecule has 6 rings (SSSR count). The lowest BCUT2D eigenvalue weighted by Crippen LogP contribution is -2.52. The highest BCUT2D eigenvalue weighted by molar-refractivity contribution is 5.70. The van der Waals surface area contributed by atoms with Crippen LogP contribution in [0.3, 0.4) is 0 Å². The van der Waals surface area contributed by atoms with Gasteiger partial charge in [-0.2, -0.15) is 0 Å². The minimum atomic E-state index is -0.353. The molecule has 2 aromatic carbocycles. The normalized spacial score (nSPS) is 27.6. The summed E-state index contributed by atoms with van der Waals surface area (Å²) >= 11 is 0. The highest BCUT2D eigenvalue weighted by atomic mass is 19.1. The van der Waals surface area contributed by atoms with Crippen LogP contribution in [-0.2, 0) is 4.74 Å². The molecule has 152 valence electrons. The summed E-state index contributed by atoms with van der Waals surface area (Å²) in [7, 11) is 0. The molecule has 1 N–H and O–H groups in total. The molecule has 0 spiro atoms. The zero-order valence-corrected chi connectivity index (χ0v) is 16.3. The molecular formula is C23H25FN2O3. The van der Waals surface area contributed by atoms with Gasteiger partial charge in [-0.1, -0.05) is 18.2 Å². The molecule has 1 unspecified atom stereocenters. The number of nitrogens with one attached hydrogen (secondary N) is 1. The Balaban J connectivity index is 1.31. The first-order valence-electron chi connectivity index (χ1n) is 10.4. The molecule has 1 amide bonds. The minimum Gasteiger partial charge on any atom is -0.493 e. The third kappa shape index (κ3) is 3.81. The Hall–Kier alpha value is -2.60. The van der Waals surface area contributed by atoms with Crippen LogP contribution in [0.15, 0.2) is 42.5 Å². The van der Waals surface area contributed by atoms with E-state index in [0.29, 0.717) is 18.9 Å². The van der Waals surface area contributed by atoms with Crippen LogP contribution < -0.4 is 10.1 Å². The summed E-state index contributed by atoms with van der Waals surface area (Å²) < 4.78 is 24.8. The Morgan fingerprint density at radius 1 is 1.07 bits per heavy atom. The Bertz CT molecular complexity index is 893. The van der Waals surface area contributed by atoms with Crippen molar-refractivity contribution in [2.75, 3.05) is 26.2 Å². The number of nitrogens with zero attached hydrogens (tertiary/aromatic N) is 1. The second kappa shape index (κ2) is 7.67. The Kier molecular flexibility index (Phi) is 4.87. The van der Waals surface area contributed by atoms with Crippen LogP contribution in [0.25, 0.3) is 11.1 Å². The fourth-order valence-corrected chi connectivity index (χ4v) is 4.72. The molecule has 6 heteroatoms. The van der Waals surface area contributed by atoms with Crippen LogP contribution >= 0.6 is 0 Å². The zero-order valence-electron chi connectivity index (χ0n) is 16.3. The molecule has 4 aliphatic rings. The summed E-state index contributed by atoms with van der Waals surface area (Å²) in [4.78, 5) is 15.0. The van der Waals surface area contributed by atoms with Crippen molar-refractivity contribution in [1.29, 1.82) is 0 Å². The van der Waals surface area contributed by atoms with E-state index in [2.05, 4.69) is 10.2 Å². The molecule has 3 saturated heterocycles. The first kappa shape index (κ1) is 18.4. The summed E-state index contributed by atoms with van der Waals surface area (Å²) in [6, 6.07) is 12.1. The first-order chi connectivity index (χ1) is 14.2. The van der Waals surface area contributed by atoms with Gasteiger partial charge >= 0.3 is 6.09 Å². The number of amides is 1. The van der Waals surface area contributed by atoms with E-state index < -0.39 is 0 Å². The van der Waals surface area contributed by atoms with E-state index in [1.807, 2.05) is 18.2 Å². The van der Waals surface area contributed by atoms with Crippen LogP contribution in [0.4, 0.5) is 9.18 Å². The average Bonchev–Trinajstić information content (AvgIpc) is 2.75. The number of carbonyl (C=O) groups is 1. The molecule has 2 aromatic rings. The van der Waals surface area contributed by atoms with Crippen molar-refractivity contribution >= 4 is 6.09 Å². The number of fused-ring (bicyclic) bond motifs is 4. The van der Waals surface area contributed by atoms with Gasteiger partial charge in [-0.3, -0.25) is 4.90 Å². The minimum absolute atomic E-state index is 0.0117. The van der Waals surface area contributed by atoms with Crippen molar-refractivity contribution in [3.05, 3.63) is 53.8 Å². The number of halogens is 1. The molecule has 4 aliphatic heterocycles. The molecule has 5 nitrogen and oxygen atoms in total. The van der Waals surface area contributed by atoms with Crippen molar-refractivity contribution in [2.45, 2.75) is 31.4 Å². The van der Waals surface area contributed by atoms with Crippen LogP contribution in [0.5, 0.6) is 5.75 Å². The molecule has 2 bridgehead atoms. The molecular weight excluding hydrogens is 371 g/mol. The molecule has 0 aromatic heterocycles. The summed E-state index contributed by atoms with van der Waals surface area (Å²) in [5, 5.41) is 3.05. The third-order valence-electron chi connectivity index (χ3n) is 6.37. The lowest BCUT2D eigenvalue weighted by atomic mass is 9.86. The van der Waals surface area contributed by atoms with Gasteiger partial charge in [0.1, 0.15) is 17.7 Å². The van der Waals surface area contributed by atoms with Crippen molar-refractivity contribution in [1.82, 2.24) is 10.2 Å². The van der Waals surface area contributed by atoms with Crippen molar-refractivity contribution in [3.63, 3.8) is 0 Å². The highest BCUT2D eigenvalue weighted by Gasteiger charge is 2.37. The summed E-state index contributed by atoms with van der Waals surface area (Å²) in [5.41, 5.74) is 2.82. The number of rotatable bonds is 3. The summed E-state index contributed by atoms with van der Waals surface area (Å²) in [5.74, 6) is 0.998. The molecule has 0 aliphatic carbocycles. The maximum Gasteiger partial charge on any atom is 0.407 e. The summed E-state index contributed by atoms with van der Waals surface area (Å²) in [6.45, 7) is 3.63. The van der Waals surface area contributed by atoms with Crippen molar-refractivity contribution in [2.24, 2.45) is 5.92 Å². The van der Waals surface area contributed by atoms with Crippen molar-refractivity contribution < 1.29 is 18.7 Å². The van der Waals surface area contributed by atoms with Gasteiger partial charge in [0.2, 0.25) is 0 Å². The maximum absolute atomic E-state index is 13.2. The second-order valence-corrected chi connectivity index (χ2v) is 8.18. The quantitative estimate of drug-likeness (QED) is 0.847. The second-order valence-electron chi connectivity index (χ2n) is 8.18. The maximum atomic E-state index is 13.2. The SMILES string of the molecule is O=C(NC1CCOc2ccc(-c3ccc(F)cc3)cc21)O[C@H]1CN2CCC1CC2. The smallest absolute Gasteiger partial charge is 0.407 e. The molecule has 2 atom stereocenters. The highest BCUT2D eigenvalue weighted by Crippen LogP contribution is 2.36. The standard InChI is InChI=1S/C23H25FN2O3/c24-18-4-1-15(2-5-18)17-3-6-21-19(13-17)20(9-12-28-21)25-23(27)29-22-14-26-10-7-16(22)8-11-26/h1-6,13,16,20,22H,7-12,14H2,(H,25,27)/t20?,22-/m0/s1. The number of alkyl carbamates (subject to hydrolysis) is 1. The zero-order chi connectivity index (χ0) is 19.8. The number of ether oxygens (including phenoxy) is 2. The Morgan fingerprint density at radius 3 is 2.55 bits per heavy atom. The van der Waals surface area contributed by atoms with Gasteiger partial charge in [-0.25, -0.2) is 9.18 Å². The largest absolute Gasteiger partial charge is 0.493 e. The van der Waals surface area contributed by atoms with E-state index in [0.717, 1.165) is 54.9 Å². The number of benzene rings is 2. The van der Waals surface area contributed by atoms with Crippen LogP contribution in [0.2, 0.25) is 0 Å². The topological polar surface area (TPSA) is 50.8 Å². The van der Waals surface area contributed by atoms with E-state index in [1.54, 1.807) is 12.1 Å². The van der Waals surface area contributed by atoms with Gasteiger partial charge < -0.3 is 14.8 Å². The van der Waals surface area contributed by atoms with Gasteiger partial charge in [0.25, 0.3) is 0 Å². The molecule has 0 radical (unpaired) electrons. The monoisotopic (exact) mass is 396 g/mol. The van der Waals surface area contributed by atoms with Gasteiger partial charge in [-0.15, -0.1) is 0 Å². The lowest BCUT2D eigenvalue weighted by Gasteiger charge is -2.44. The Morgan fingerprint density at radius 2 is 1.83 bits per heavy atom. The third-order valence-corrected chi connectivity index (χ3v) is 6.37. The van der Waals surface area contributed by atoms with Gasteiger partial charge in [-0.05, 0) is 67.2 Å². The van der Waals surface area contributed by atoms with Gasteiger partial charge in [0, 0.05) is 18.5 Å². The Labute approximate surface area is 169 Å². The van der Waals surface area contributed by atoms with E-state index >= 15 is 0 Å². The molecule has 0 saturated carbocycles. The fraction of sp³-hybridized carbons (Fsp3) is 0.435. The fourth-order valence-electron chi connectivity index (χ4n) is 4.72. The first-order valence-corrected chi connectivity index (χ1v) is 10.4. The van der Waals surface area contributed by atoms with E-state index in [-0.39, 0.29) is 24.1 Å². The summed E-state index contributed by atoms with van der Waals surface area (Å²) in [6.07, 6.45) is 2.55. The van der Waals surface area contributed by atoms with E-state index in [1.165, 1.54) is 12.1 Å². The molecule has 3 fully saturated rings. The average molecular weight is 396 g/mol. The number of hydrogen-bond donors (Lipinski definition) is 1. The number of piperidine rings is 3. The predicted octanol–water partition coefficient (Wildman–Crippen LogP) is 4.14. The van der Waals surface area contributed by atoms with E-state index in [9.17, 15) is 9.18 Å².